The van der Waals surface area contributed by atoms with Crippen molar-refractivity contribution < 1.29 is 24.2 Å². The van der Waals surface area contributed by atoms with E-state index in [-0.39, 0.29) is 24.1 Å². The van der Waals surface area contributed by atoms with E-state index in [9.17, 15) is 19.5 Å². The van der Waals surface area contributed by atoms with Gasteiger partial charge in [0, 0.05) is 28.5 Å². The summed E-state index contributed by atoms with van der Waals surface area (Å²) >= 11 is 3.10. The van der Waals surface area contributed by atoms with Crippen molar-refractivity contribution >= 4 is 46.9 Å². The molecule has 4 aromatic carbocycles. The average Bonchev–Trinajstić information content (AvgIpc) is 3.49. The SMILES string of the molecule is COc1ccc(CSC[C@@H](Nc2c(C)cc(C)cc2C)C(=O)N[C@@H](Cc2ccccc2)[C@H](O)C(=O)N2CSC(C)(C)[C@H]2C(=O)NCc2ccccc2C)cc1. The lowest BCUT2D eigenvalue weighted by atomic mass is 9.96. The van der Waals surface area contributed by atoms with E-state index in [1.54, 1.807) is 18.9 Å². The Labute approximate surface area is 334 Å². The third kappa shape index (κ3) is 10.9. The molecule has 1 fully saturated rings. The van der Waals surface area contributed by atoms with Gasteiger partial charge in [0.2, 0.25) is 11.8 Å². The number of benzene rings is 4. The molecule has 0 saturated carbocycles. The van der Waals surface area contributed by atoms with Crippen LogP contribution >= 0.6 is 23.5 Å². The Kier molecular flexibility index (Phi) is 14.4. The first-order chi connectivity index (χ1) is 26.3. The first-order valence-electron chi connectivity index (χ1n) is 18.6. The highest BCUT2D eigenvalue weighted by molar-refractivity contribution is 8.00. The lowest BCUT2D eigenvalue weighted by molar-refractivity contribution is -0.147. The molecule has 4 N–H and O–H groups in total. The number of nitrogens with one attached hydrogen (secondary N) is 3. The number of nitrogens with zero attached hydrogens (tertiary/aromatic N) is 1. The number of hydrogen-bond acceptors (Lipinski definition) is 8. The largest absolute Gasteiger partial charge is 0.497 e. The van der Waals surface area contributed by atoms with Gasteiger partial charge in [0.15, 0.2) is 6.10 Å². The zero-order chi connectivity index (χ0) is 39.7. The molecule has 11 heteroatoms. The number of methoxy groups -OCH3 is 1. The number of carbonyl (C=O) groups excluding carboxylic acids is 3. The molecule has 55 heavy (non-hydrogen) atoms. The summed E-state index contributed by atoms with van der Waals surface area (Å²) in [5.74, 6) is 0.885. The van der Waals surface area contributed by atoms with E-state index in [0.29, 0.717) is 18.1 Å². The second kappa shape index (κ2) is 18.9. The molecular weight excluding hydrogens is 729 g/mol. The smallest absolute Gasteiger partial charge is 0.254 e. The minimum Gasteiger partial charge on any atom is -0.497 e. The Bertz CT molecular complexity index is 1920. The molecule has 1 aliphatic rings. The summed E-state index contributed by atoms with van der Waals surface area (Å²) in [6, 6.07) is 26.9. The Morgan fingerprint density at radius 2 is 1.56 bits per heavy atom. The van der Waals surface area contributed by atoms with Crippen molar-refractivity contribution in [3.8, 4) is 5.75 Å². The number of carbonyl (C=O) groups is 3. The number of rotatable bonds is 16. The van der Waals surface area contributed by atoms with E-state index in [0.717, 1.165) is 50.4 Å². The van der Waals surface area contributed by atoms with Crippen LogP contribution < -0.4 is 20.7 Å². The van der Waals surface area contributed by atoms with Crippen molar-refractivity contribution in [3.05, 3.63) is 130 Å². The quantitative estimate of drug-likeness (QED) is 0.0989. The Morgan fingerprint density at radius 1 is 0.909 bits per heavy atom. The molecule has 5 rings (SSSR count). The predicted octanol–water partition coefficient (Wildman–Crippen LogP) is 6.73. The summed E-state index contributed by atoms with van der Waals surface area (Å²) in [7, 11) is 1.64. The van der Waals surface area contributed by atoms with Gasteiger partial charge in [-0.1, -0.05) is 84.4 Å². The van der Waals surface area contributed by atoms with Crippen LogP contribution in [0, 0.1) is 27.7 Å². The van der Waals surface area contributed by atoms with Crippen molar-refractivity contribution in [2.75, 3.05) is 24.1 Å². The topological polar surface area (TPSA) is 120 Å². The predicted molar refractivity (Wildman–Crippen MR) is 225 cm³/mol. The minimum atomic E-state index is -1.61. The molecule has 1 heterocycles. The maximum atomic E-state index is 14.4. The van der Waals surface area contributed by atoms with Crippen LogP contribution in [-0.2, 0) is 33.1 Å². The first-order valence-corrected chi connectivity index (χ1v) is 20.8. The van der Waals surface area contributed by atoms with Gasteiger partial charge in [0.05, 0.1) is 19.0 Å². The number of aliphatic hydroxyl groups excluding tert-OH is 1. The monoisotopic (exact) mass is 782 g/mol. The molecule has 0 aliphatic carbocycles. The summed E-state index contributed by atoms with van der Waals surface area (Å²) in [5.41, 5.74) is 8.05. The summed E-state index contributed by atoms with van der Waals surface area (Å²) in [6.45, 7) is 12.3. The zero-order valence-electron chi connectivity index (χ0n) is 32.8. The van der Waals surface area contributed by atoms with Crippen LogP contribution in [0.2, 0.25) is 0 Å². The molecule has 0 bridgehead atoms. The van der Waals surface area contributed by atoms with Crippen LogP contribution in [0.1, 0.15) is 52.8 Å². The maximum absolute atomic E-state index is 14.4. The third-order valence-corrected chi connectivity index (χ3v) is 12.6. The van der Waals surface area contributed by atoms with E-state index < -0.39 is 34.9 Å². The van der Waals surface area contributed by atoms with E-state index in [1.165, 1.54) is 16.7 Å². The van der Waals surface area contributed by atoms with Gasteiger partial charge in [-0.3, -0.25) is 14.4 Å². The first kappa shape index (κ1) is 41.7. The summed E-state index contributed by atoms with van der Waals surface area (Å²) in [4.78, 5) is 44.0. The molecule has 4 aromatic rings. The second-order valence-corrected chi connectivity index (χ2v) is 17.4. The molecule has 1 aliphatic heterocycles. The van der Waals surface area contributed by atoms with Gasteiger partial charge in [0.25, 0.3) is 5.91 Å². The third-order valence-electron chi connectivity index (χ3n) is 10.1. The summed E-state index contributed by atoms with van der Waals surface area (Å²) in [5, 5.41) is 21.6. The van der Waals surface area contributed by atoms with E-state index >= 15 is 0 Å². The number of ether oxygens (including phenoxy) is 1. The molecule has 4 atom stereocenters. The van der Waals surface area contributed by atoms with Gasteiger partial charge in [0.1, 0.15) is 17.8 Å². The number of hydrogen-bond donors (Lipinski definition) is 4. The van der Waals surface area contributed by atoms with Crippen molar-refractivity contribution in [2.45, 2.75) is 89.2 Å². The van der Waals surface area contributed by atoms with Crippen LogP contribution in [0.25, 0.3) is 0 Å². The normalized spacial score (nSPS) is 16.5. The summed E-state index contributed by atoms with van der Waals surface area (Å²) in [6.07, 6.45) is -1.40. The number of aliphatic hydroxyl groups is 1. The van der Waals surface area contributed by atoms with Gasteiger partial charge in [-0.2, -0.15) is 11.8 Å². The van der Waals surface area contributed by atoms with Crippen LogP contribution in [0.4, 0.5) is 5.69 Å². The Balaban J connectivity index is 1.38. The van der Waals surface area contributed by atoms with Gasteiger partial charge in [-0.25, -0.2) is 0 Å². The fourth-order valence-corrected chi connectivity index (χ4v) is 9.17. The molecule has 3 amide bonds. The number of anilines is 1. The fourth-order valence-electron chi connectivity index (χ4n) is 7.02. The van der Waals surface area contributed by atoms with Crippen LogP contribution in [-0.4, -0.2) is 75.4 Å². The van der Waals surface area contributed by atoms with Crippen molar-refractivity contribution in [3.63, 3.8) is 0 Å². The molecule has 0 unspecified atom stereocenters. The van der Waals surface area contributed by atoms with Gasteiger partial charge >= 0.3 is 0 Å². The molecule has 0 aromatic heterocycles. The number of aryl methyl sites for hydroxylation is 4. The highest BCUT2D eigenvalue weighted by Crippen LogP contribution is 2.40. The minimum absolute atomic E-state index is 0.211. The van der Waals surface area contributed by atoms with E-state index in [1.807, 2.05) is 120 Å². The molecular formula is C44H54N4O5S2. The van der Waals surface area contributed by atoms with Gasteiger partial charge < -0.3 is 30.7 Å². The average molecular weight is 783 g/mol. The standard InChI is InChI=1S/C44H54N4O5S2/c1-28-21-30(3)38(31(4)22-28)46-37(26-54-25-33-17-19-35(53-7)20-18-33)41(50)47-36(23-32-14-9-8-10-15-32)39(49)43(52)48-27-55-44(5,6)40(48)42(51)45-24-34-16-12-11-13-29(34)2/h8-22,36-37,39-40,46,49H,23-27H2,1-7H3,(H,45,51)(H,47,50)/t36-,37+,39-,40+/m0/s1. The number of amides is 3. The van der Waals surface area contributed by atoms with Gasteiger partial charge in [-0.15, -0.1) is 11.8 Å². The van der Waals surface area contributed by atoms with Gasteiger partial charge in [-0.05, 0) is 93.5 Å². The van der Waals surface area contributed by atoms with Crippen molar-refractivity contribution in [1.29, 1.82) is 0 Å². The van der Waals surface area contributed by atoms with Crippen LogP contribution in [0.5, 0.6) is 5.75 Å². The fraction of sp³-hybridized carbons (Fsp3) is 0.386. The molecule has 292 valence electrons. The molecule has 1 saturated heterocycles. The van der Waals surface area contributed by atoms with E-state index in [2.05, 4.69) is 28.1 Å². The van der Waals surface area contributed by atoms with Crippen LogP contribution in [0.3, 0.4) is 0 Å². The highest BCUT2D eigenvalue weighted by atomic mass is 32.2. The maximum Gasteiger partial charge on any atom is 0.254 e. The van der Waals surface area contributed by atoms with Crippen molar-refractivity contribution in [1.82, 2.24) is 15.5 Å². The Hall–Kier alpha value is -4.45. The molecule has 9 nitrogen and oxygen atoms in total. The second-order valence-electron chi connectivity index (χ2n) is 14.8. The number of thioether (sulfide) groups is 2. The molecule has 0 radical (unpaired) electrons. The Morgan fingerprint density at radius 3 is 2.22 bits per heavy atom. The van der Waals surface area contributed by atoms with Crippen molar-refractivity contribution in [2.24, 2.45) is 0 Å². The lowest BCUT2D eigenvalue weighted by Gasteiger charge is -2.34. The lowest BCUT2D eigenvalue weighted by Crippen LogP contribution is -2.59. The van der Waals surface area contributed by atoms with Crippen LogP contribution in [0.15, 0.2) is 91.0 Å². The van der Waals surface area contributed by atoms with E-state index in [4.69, 9.17) is 4.74 Å². The summed E-state index contributed by atoms with van der Waals surface area (Å²) < 4.78 is 4.70. The highest BCUT2D eigenvalue weighted by Gasteiger charge is 2.50. The zero-order valence-corrected chi connectivity index (χ0v) is 34.5. The molecule has 0 spiro atoms.